The minimum Gasteiger partial charge on any atom is -0.491 e. The molecule has 2 N–H and O–H groups in total. The van der Waals surface area contributed by atoms with Crippen LogP contribution in [0.3, 0.4) is 0 Å². The third-order valence-corrected chi connectivity index (χ3v) is 3.96. The highest BCUT2D eigenvalue weighted by Crippen LogP contribution is 2.15. The predicted octanol–water partition coefficient (Wildman–Crippen LogP) is 1.28. The van der Waals surface area contributed by atoms with Gasteiger partial charge in [-0.2, -0.15) is 5.10 Å². The Morgan fingerprint density at radius 1 is 1.41 bits per heavy atom. The second kappa shape index (κ2) is 7.09. The van der Waals surface area contributed by atoms with Crippen molar-refractivity contribution in [2.24, 2.45) is 0 Å². The molecule has 1 aromatic carbocycles. The fraction of sp³-hybridized carbons (Fsp3) is 0.467. The van der Waals surface area contributed by atoms with Crippen LogP contribution < -0.4 is 10.1 Å². The minimum absolute atomic E-state index is 0.246. The summed E-state index contributed by atoms with van der Waals surface area (Å²) in [7, 11) is 0. The molecule has 0 unspecified atom stereocenters. The highest BCUT2D eigenvalue weighted by atomic mass is 35.5. The molecule has 0 bridgehead atoms. The number of nitrogens with one attached hydrogen (secondary N) is 1. The van der Waals surface area contributed by atoms with E-state index in [1.807, 2.05) is 4.68 Å². The molecule has 2 heterocycles. The summed E-state index contributed by atoms with van der Waals surface area (Å²) in [6, 6.07) is 7.41. The number of halogens is 1. The van der Waals surface area contributed by atoms with Crippen LogP contribution in [0, 0.1) is 0 Å². The highest BCUT2D eigenvalue weighted by molar-refractivity contribution is 6.30. The van der Waals surface area contributed by atoms with Gasteiger partial charge >= 0.3 is 0 Å². The summed E-state index contributed by atoms with van der Waals surface area (Å²) in [6.45, 7) is 1.53. The van der Waals surface area contributed by atoms with Crippen molar-refractivity contribution in [1.82, 2.24) is 20.1 Å². The third-order valence-electron chi connectivity index (χ3n) is 3.70. The van der Waals surface area contributed by atoms with E-state index in [0.717, 1.165) is 25.2 Å². The van der Waals surface area contributed by atoms with Gasteiger partial charge in [0.1, 0.15) is 30.6 Å². The molecule has 22 heavy (non-hydrogen) atoms. The SMILES string of the molecule is O[C@H](CN[C@@H]1CCc2ncnn2C1)COc1ccc(Cl)cc1. The van der Waals surface area contributed by atoms with Gasteiger partial charge in [0, 0.05) is 24.0 Å². The summed E-state index contributed by atoms with van der Waals surface area (Å²) in [5.74, 6) is 1.73. The number of nitrogens with zero attached hydrogens (tertiary/aromatic N) is 3. The van der Waals surface area contributed by atoms with E-state index in [1.54, 1.807) is 30.6 Å². The average Bonchev–Trinajstić information content (AvgIpc) is 3.00. The number of fused-ring (bicyclic) bond motifs is 1. The second-order valence-corrected chi connectivity index (χ2v) is 5.86. The van der Waals surface area contributed by atoms with Gasteiger partial charge in [0.05, 0.1) is 6.54 Å². The standard InChI is InChI=1S/C15H19ClN4O2/c16-11-1-4-14(5-2-11)22-9-13(21)7-17-12-3-6-15-18-10-19-20(15)8-12/h1-2,4-5,10,12-13,17,21H,3,6-9H2/t12-,13-/m1/s1. The van der Waals surface area contributed by atoms with Gasteiger partial charge in [0.25, 0.3) is 0 Å². The average molecular weight is 323 g/mol. The van der Waals surface area contributed by atoms with E-state index in [0.29, 0.717) is 23.4 Å². The van der Waals surface area contributed by atoms with Crippen LogP contribution >= 0.6 is 11.6 Å². The lowest BCUT2D eigenvalue weighted by Gasteiger charge is -2.24. The first-order valence-electron chi connectivity index (χ1n) is 7.37. The Bertz CT molecular complexity index is 602. The summed E-state index contributed by atoms with van der Waals surface area (Å²) >= 11 is 5.81. The van der Waals surface area contributed by atoms with Gasteiger partial charge < -0.3 is 15.2 Å². The van der Waals surface area contributed by atoms with Gasteiger partial charge in [-0.25, -0.2) is 9.67 Å². The molecule has 0 aliphatic carbocycles. The van der Waals surface area contributed by atoms with Crippen LogP contribution in [-0.4, -0.2) is 45.2 Å². The number of hydrogen-bond donors (Lipinski definition) is 2. The Morgan fingerprint density at radius 2 is 2.23 bits per heavy atom. The monoisotopic (exact) mass is 322 g/mol. The van der Waals surface area contributed by atoms with E-state index in [9.17, 15) is 5.11 Å². The molecule has 7 heteroatoms. The summed E-state index contributed by atoms with van der Waals surface area (Å²) in [5.41, 5.74) is 0. The summed E-state index contributed by atoms with van der Waals surface area (Å²) in [5, 5.41) is 18.2. The quantitative estimate of drug-likeness (QED) is 0.838. The summed E-state index contributed by atoms with van der Waals surface area (Å²) < 4.78 is 7.44. The van der Waals surface area contributed by atoms with Crippen LogP contribution in [0.2, 0.25) is 5.02 Å². The number of rotatable bonds is 6. The molecule has 1 aliphatic heterocycles. The number of benzene rings is 1. The first kappa shape index (κ1) is 15.3. The number of aliphatic hydroxyl groups excluding tert-OH is 1. The van der Waals surface area contributed by atoms with Gasteiger partial charge in [-0.15, -0.1) is 0 Å². The lowest BCUT2D eigenvalue weighted by molar-refractivity contribution is 0.101. The van der Waals surface area contributed by atoms with Crippen molar-refractivity contribution in [2.75, 3.05) is 13.2 Å². The summed E-state index contributed by atoms with van der Waals surface area (Å²) in [6.07, 6.45) is 2.94. The van der Waals surface area contributed by atoms with Gasteiger partial charge in [-0.3, -0.25) is 0 Å². The zero-order valence-corrected chi connectivity index (χ0v) is 12.9. The van der Waals surface area contributed by atoms with Crippen LogP contribution in [0.5, 0.6) is 5.75 Å². The number of ether oxygens (including phenoxy) is 1. The molecule has 1 aromatic heterocycles. The topological polar surface area (TPSA) is 72.2 Å². The maximum atomic E-state index is 10.0. The van der Waals surface area contributed by atoms with Crippen molar-refractivity contribution in [3.05, 3.63) is 41.4 Å². The Kier molecular flexibility index (Phi) is 4.92. The predicted molar refractivity (Wildman–Crippen MR) is 83.1 cm³/mol. The van der Waals surface area contributed by atoms with E-state index < -0.39 is 6.10 Å². The Morgan fingerprint density at radius 3 is 3.05 bits per heavy atom. The van der Waals surface area contributed by atoms with Crippen molar-refractivity contribution >= 4 is 11.6 Å². The van der Waals surface area contributed by atoms with Crippen LogP contribution in [-0.2, 0) is 13.0 Å². The first-order chi connectivity index (χ1) is 10.7. The zero-order chi connectivity index (χ0) is 15.4. The molecule has 118 valence electrons. The van der Waals surface area contributed by atoms with E-state index >= 15 is 0 Å². The molecular formula is C15H19ClN4O2. The molecule has 0 saturated carbocycles. The normalized spacial score (nSPS) is 18.7. The molecule has 0 fully saturated rings. The fourth-order valence-electron chi connectivity index (χ4n) is 2.49. The van der Waals surface area contributed by atoms with Crippen molar-refractivity contribution < 1.29 is 9.84 Å². The van der Waals surface area contributed by atoms with Crippen molar-refractivity contribution in [2.45, 2.75) is 31.5 Å². The van der Waals surface area contributed by atoms with Crippen LogP contribution in [0.25, 0.3) is 0 Å². The molecule has 3 rings (SSSR count). The molecule has 1 aliphatic rings. The zero-order valence-electron chi connectivity index (χ0n) is 12.2. The van der Waals surface area contributed by atoms with Crippen LogP contribution in [0.4, 0.5) is 0 Å². The van der Waals surface area contributed by atoms with Crippen LogP contribution in [0.15, 0.2) is 30.6 Å². The van der Waals surface area contributed by atoms with Crippen molar-refractivity contribution in [3.63, 3.8) is 0 Å². The third kappa shape index (κ3) is 3.97. The molecule has 2 atom stereocenters. The lowest BCUT2D eigenvalue weighted by atomic mass is 10.1. The van der Waals surface area contributed by atoms with E-state index in [-0.39, 0.29) is 6.61 Å². The van der Waals surface area contributed by atoms with Crippen molar-refractivity contribution in [1.29, 1.82) is 0 Å². The molecule has 2 aromatic rings. The number of aryl methyl sites for hydroxylation is 1. The van der Waals surface area contributed by atoms with Crippen molar-refractivity contribution in [3.8, 4) is 5.75 Å². The smallest absolute Gasteiger partial charge is 0.138 e. The minimum atomic E-state index is -0.562. The molecular weight excluding hydrogens is 304 g/mol. The van der Waals surface area contributed by atoms with E-state index in [4.69, 9.17) is 16.3 Å². The molecule has 0 amide bonds. The second-order valence-electron chi connectivity index (χ2n) is 5.42. The van der Waals surface area contributed by atoms with Gasteiger partial charge in [0.15, 0.2) is 0 Å². The van der Waals surface area contributed by atoms with E-state index in [1.165, 1.54) is 0 Å². The first-order valence-corrected chi connectivity index (χ1v) is 7.75. The Labute approximate surface area is 134 Å². The Hall–Kier alpha value is -1.63. The molecule has 0 saturated heterocycles. The number of aromatic nitrogens is 3. The number of hydrogen-bond acceptors (Lipinski definition) is 5. The maximum Gasteiger partial charge on any atom is 0.138 e. The number of aliphatic hydroxyl groups is 1. The largest absolute Gasteiger partial charge is 0.491 e. The Balaban J connectivity index is 1.39. The van der Waals surface area contributed by atoms with E-state index in [2.05, 4.69) is 15.4 Å². The summed E-state index contributed by atoms with van der Waals surface area (Å²) in [4.78, 5) is 4.20. The van der Waals surface area contributed by atoms with Gasteiger partial charge in [-0.05, 0) is 30.7 Å². The fourth-order valence-corrected chi connectivity index (χ4v) is 2.62. The van der Waals surface area contributed by atoms with Gasteiger partial charge in [0.2, 0.25) is 0 Å². The highest BCUT2D eigenvalue weighted by Gasteiger charge is 2.20. The van der Waals surface area contributed by atoms with Gasteiger partial charge in [-0.1, -0.05) is 11.6 Å². The molecule has 0 radical (unpaired) electrons. The maximum absolute atomic E-state index is 10.0. The molecule has 6 nitrogen and oxygen atoms in total. The molecule has 0 spiro atoms. The van der Waals surface area contributed by atoms with Crippen LogP contribution in [0.1, 0.15) is 12.2 Å². The lowest BCUT2D eigenvalue weighted by Crippen LogP contribution is -2.42.